The zero-order valence-corrected chi connectivity index (χ0v) is 29.9. The monoisotopic (exact) mass is 754 g/mol. The van der Waals surface area contributed by atoms with E-state index in [2.05, 4.69) is 30.6 Å². The number of benzene rings is 2. The number of ether oxygens (including phenoxy) is 1. The van der Waals surface area contributed by atoms with E-state index in [1.807, 2.05) is 12.1 Å². The molecule has 4 aliphatic heterocycles. The third-order valence-corrected chi connectivity index (χ3v) is 11.4. The maximum absolute atomic E-state index is 15.4. The third kappa shape index (κ3) is 6.75. The van der Waals surface area contributed by atoms with Gasteiger partial charge in [-0.15, -0.1) is 10.2 Å². The Morgan fingerprint density at radius 2 is 1.72 bits per heavy atom. The number of likely N-dealkylation sites (tertiary alicyclic amines) is 1. The Labute approximate surface area is 314 Å². The first-order valence-electron chi connectivity index (χ1n) is 18.1. The zero-order chi connectivity index (χ0) is 37.7. The molecular formula is C38H36ClFN8O6. The van der Waals surface area contributed by atoms with Crippen LogP contribution in [0, 0.1) is 17.1 Å². The van der Waals surface area contributed by atoms with Gasteiger partial charge in [-0.3, -0.25) is 39.1 Å². The van der Waals surface area contributed by atoms with Crippen LogP contribution in [0.2, 0.25) is 5.02 Å². The van der Waals surface area contributed by atoms with Crippen LogP contribution in [-0.4, -0.2) is 92.9 Å². The summed E-state index contributed by atoms with van der Waals surface area (Å²) in [5.74, 6) is -2.64. The average molecular weight is 755 g/mol. The van der Waals surface area contributed by atoms with E-state index in [4.69, 9.17) is 21.6 Å². The fourth-order valence-electron chi connectivity index (χ4n) is 8.47. The standard InChI is InChI=1S/C38H36ClFN8O6/c39-28-15-26(6-1-21(28)16-41)54-25-7-2-22(3-8-25)42-35(50)30-9-11-32(45-44-30)47-23-4-5-24(47)19-46(18-23)17-20-13-27-34(29(40)14-20)38(53)48(37(27)52)31-10-12-33(49)43-36(31)51/h1,6,9,11,13-15,22-25,31H,2-5,7-8,10,12,17-19H2,(H,42,50)(H,43,49,51). The number of nitrogens with zero attached hydrogens (tertiary/aromatic N) is 6. The number of fused-ring (bicyclic) bond motifs is 3. The summed E-state index contributed by atoms with van der Waals surface area (Å²) in [5.41, 5.74) is 0.746. The summed E-state index contributed by atoms with van der Waals surface area (Å²) in [6.45, 7) is 1.66. The maximum atomic E-state index is 15.4. The van der Waals surface area contributed by atoms with Crippen molar-refractivity contribution in [3.63, 3.8) is 0 Å². The number of amides is 5. The molecule has 3 aromatic rings. The van der Waals surface area contributed by atoms with Crippen molar-refractivity contribution in [3.05, 3.63) is 81.3 Å². The molecule has 54 heavy (non-hydrogen) atoms. The summed E-state index contributed by atoms with van der Waals surface area (Å²) in [7, 11) is 0. The van der Waals surface area contributed by atoms with Gasteiger partial charge in [0.25, 0.3) is 17.7 Å². The van der Waals surface area contributed by atoms with Gasteiger partial charge in [0.1, 0.15) is 23.7 Å². The number of piperidine rings is 1. The van der Waals surface area contributed by atoms with Crippen LogP contribution in [0.3, 0.4) is 0 Å². The van der Waals surface area contributed by atoms with Crippen LogP contribution in [0.15, 0.2) is 42.5 Å². The molecule has 1 aromatic heterocycles. The number of carbonyl (C=O) groups excluding carboxylic acids is 5. The van der Waals surface area contributed by atoms with Crippen molar-refractivity contribution in [2.24, 2.45) is 0 Å². The molecule has 5 aliphatic rings. The second-order valence-electron chi connectivity index (χ2n) is 14.5. The van der Waals surface area contributed by atoms with Gasteiger partial charge in [0.2, 0.25) is 11.8 Å². The van der Waals surface area contributed by atoms with Gasteiger partial charge in [0, 0.05) is 50.2 Å². The lowest BCUT2D eigenvalue weighted by Gasteiger charge is -2.41. The molecule has 3 unspecified atom stereocenters. The largest absolute Gasteiger partial charge is 0.490 e. The van der Waals surface area contributed by atoms with Crippen molar-refractivity contribution in [2.45, 2.75) is 88.2 Å². The van der Waals surface area contributed by atoms with Crippen molar-refractivity contribution in [3.8, 4) is 11.8 Å². The topological polar surface area (TPSA) is 178 Å². The van der Waals surface area contributed by atoms with Gasteiger partial charge in [-0.05, 0) is 86.9 Å². The highest BCUT2D eigenvalue weighted by atomic mass is 35.5. The molecule has 2 aromatic carbocycles. The summed E-state index contributed by atoms with van der Waals surface area (Å²) >= 11 is 6.13. The van der Waals surface area contributed by atoms with Crippen molar-refractivity contribution in [1.29, 1.82) is 5.26 Å². The Balaban J connectivity index is 0.849. The number of rotatable bonds is 8. The smallest absolute Gasteiger partial charge is 0.272 e. The molecule has 278 valence electrons. The number of nitriles is 1. The van der Waals surface area contributed by atoms with Crippen LogP contribution in [0.5, 0.6) is 5.75 Å². The fourth-order valence-corrected chi connectivity index (χ4v) is 8.68. The van der Waals surface area contributed by atoms with Gasteiger partial charge in [-0.1, -0.05) is 11.6 Å². The minimum absolute atomic E-state index is 0.00442. The lowest BCUT2D eigenvalue weighted by molar-refractivity contribution is -0.136. The van der Waals surface area contributed by atoms with Crippen LogP contribution in [0.4, 0.5) is 10.2 Å². The van der Waals surface area contributed by atoms with Crippen molar-refractivity contribution >= 4 is 47.0 Å². The molecule has 0 spiro atoms. The molecular weight excluding hydrogens is 719 g/mol. The Morgan fingerprint density at radius 1 is 0.963 bits per heavy atom. The number of halogens is 2. The fraction of sp³-hybridized carbons (Fsp3) is 0.421. The first-order valence-corrected chi connectivity index (χ1v) is 18.5. The zero-order valence-electron chi connectivity index (χ0n) is 29.1. The van der Waals surface area contributed by atoms with Gasteiger partial charge in [-0.2, -0.15) is 5.26 Å². The quantitative estimate of drug-likeness (QED) is 0.322. The van der Waals surface area contributed by atoms with Crippen molar-refractivity contribution < 1.29 is 33.1 Å². The Kier molecular flexibility index (Phi) is 9.49. The van der Waals surface area contributed by atoms with Crippen molar-refractivity contribution in [2.75, 3.05) is 18.0 Å². The lowest BCUT2D eigenvalue weighted by atomic mass is 9.93. The van der Waals surface area contributed by atoms with E-state index in [9.17, 15) is 24.0 Å². The van der Waals surface area contributed by atoms with Crippen LogP contribution in [0.25, 0.3) is 0 Å². The van der Waals surface area contributed by atoms with E-state index in [1.165, 1.54) is 12.1 Å². The molecule has 2 N–H and O–H groups in total. The Hall–Kier alpha value is -5.46. The molecule has 0 radical (unpaired) electrons. The van der Waals surface area contributed by atoms with Gasteiger partial charge in [0.15, 0.2) is 11.5 Å². The number of piperazine rings is 1. The summed E-state index contributed by atoms with van der Waals surface area (Å²) < 4.78 is 21.4. The molecule has 1 saturated carbocycles. The number of hydrogen-bond donors (Lipinski definition) is 2. The number of carbonyl (C=O) groups is 5. The molecule has 3 atom stereocenters. The summed E-state index contributed by atoms with van der Waals surface area (Å²) in [6, 6.07) is 12.4. The van der Waals surface area contributed by atoms with E-state index < -0.39 is 35.5 Å². The number of hydrogen-bond acceptors (Lipinski definition) is 11. The van der Waals surface area contributed by atoms with E-state index in [-0.39, 0.29) is 59.8 Å². The van der Waals surface area contributed by atoms with E-state index in [1.54, 1.807) is 24.3 Å². The predicted octanol–water partition coefficient (Wildman–Crippen LogP) is 3.52. The molecule has 1 aliphatic carbocycles. The van der Waals surface area contributed by atoms with Gasteiger partial charge in [0.05, 0.1) is 27.8 Å². The summed E-state index contributed by atoms with van der Waals surface area (Å²) in [5, 5.41) is 23.4. The average Bonchev–Trinajstić information content (AvgIpc) is 3.56. The lowest BCUT2D eigenvalue weighted by Crippen LogP contribution is -2.54. The molecule has 5 heterocycles. The predicted molar refractivity (Wildman–Crippen MR) is 190 cm³/mol. The second kappa shape index (κ2) is 14.4. The molecule has 14 nitrogen and oxygen atoms in total. The highest BCUT2D eigenvalue weighted by Crippen LogP contribution is 2.36. The van der Waals surface area contributed by atoms with Gasteiger partial charge >= 0.3 is 0 Å². The molecule has 4 fully saturated rings. The number of imide groups is 2. The Morgan fingerprint density at radius 3 is 2.39 bits per heavy atom. The van der Waals surface area contributed by atoms with E-state index in [0.29, 0.717) is 47.4 Å². The highest BCUT2D eigenvalue weighted by Gasteiger charge is 2.47. The van der Waals surface area contributed by atoms with Gasteiger partial charge in [-0.25, -0.2) is 4.39 Å². The van der Waals surface area contributed by atoms with Crippen LogP contribution in [-0.2, 0) is 16.1 Å². The van der Waals surface area contributed by atoms with Crippen molar-refractivity contribution in [1.82, 2.24) is 30.6 Å². The molecule has 3 saturated heterocycles. The minimum atomic E-state index is -1.16. The number of anilines is 1. The first-order chi connectivity index (χ1) is 26.1. The van der Waals surface area contributed by atoms with Crippen LogP contribution >= 0.6 is 11.6 Å². The van der Waals surface area contributed by atoms with E-state index in [0.717, 1.165) is 43.4 Å². The number of aromatic nitrogens is 2. The first kappa shape index (κ1) is 35.6. The SMILES string of the molecule is N#Cc1ccc(OC2CCC(NC(=O)c3ccc(N4C5CCC4CN(Cc4cc(F)c6c(c4)C(=O)N(C4CCC(=O)NC4=O)C6=O)C5)nn3)CC2)cc1Cl. The maximum Gasteiger partial charge on any atom is 0.272 e. The minimum Gasteiger partial charge on any atom is -0.490 e. The van der Waals surface area contributed by atoms with E-state index >= 15 is 4.39 Å². The normalized spacial score (nSPS) is 25.3. The molecule has 2 bridgehead atoms. The highest BCUT2D eigenvalue weighted by molar-refractivity contribution is 6.31. The molecule has 5 amide bonds. The summed E-state index contributed by atoms with van der Waals surface area (Å²) in [6.07, 6.45) is 4.79. The van der Waals surface area contributed by atoms with Crippen LogP contribution < -0.4 is 20.3 Å². The van der Waals surface area contributed by atoms with Crippen LogP contribution in [0.1, 0.15) is 93.7 Å². The third-order valence-electron chi connectivity index (χ3n) is 11.0. The second-order valence-corrected chi connectivity index (χ2v) is 14.9. The number of nitrogens with one attached hydrogen (secondary N) is 2. The van der Waals surface area contributed by atoms with Gasteiger partial charge < -0.3 is 15.0 Å². The molecule has 16 heteroatoms. The molecule has 8 rings (SSSR count). The summed E-state index contributed by atoms with van der Waals surface area (Å²) in [4.78, 5) is 68.7. The Bertz CT molecular complexity index is 2090.